The van der Waals surface area contributed by atoms with E-state index in [0.717, 1.165) is 13.2 Å². The van der Waals surface area contributed by atoms with Gasteiger partial charge in [-0.05, 0) is 31.0 Å². The highest BCUT2D eigenvalue weighted by atomic mass is 16.5. The second kappa shape index (κ2) is 7.63. The Labute approximate surface area is 117 Å². The first kappa shape index (κ1) is 16.2. The van der Waals surface area contributed by atoms with Crippen LogP contribution in [0.4, 0.5) is 0 Å². The number of ether oxygens (including phenoxy) is 1. The zero-order valence-electron chi connectivity index (χ0n) is 12.9. The first-order valence-electron chi connectivity index (χ1n) is 7.00. The van der Waals surface area contributed by atoms with Gasteiger partial charge >= 0.3 is 0 Å². The van der Waals surface area contributed by atoms with Crippen molar-refractivity contribution in [2.45, 2.75) is 38.8 Å². The van der Waals surface area contributed by atoms with Crippen LogP contribution >= 0.6 is 0 Å². The Balaban J connectivity index is 2.60. The first-order valence-corrected chi connectivity index (χ1v) is 7.00. The third kappa shape index (κ3) is 4.94. The molecule has 0 aliphatic heterocycles. The van der Waals surface area contributed by atoms with Crippen LogP contribution in [0.25, 0.3) is 0 Å². The number of rotatable bonds is 7. The van der Waals surface area contributed by atoms with Crippen molar-refractivity contribution in [2.75, 3.05) is 27.3 Å². The molecule has 108 valence electrons. The van der Waals surface area contributed by atoms with Gasteiger partial charge in [-0.2, -0.15) is 0 Å². The lowest BCUT2D eigenvalue weighted by Gasteiger charge is -2.27. The van der Waals surface area contributed by atoms with Crippen LogP contribution in [0.15, 0.2) is 24.3 Å². The van der Waals surface area contributed by atoms with Crippen molar-refractivity contribution in [1.29, 1.82) is 0 Å². The molecule has 0 aliphatic carbocycles. The molecular formula is C16H28N2O. The van der Waals surface area contributed by atoms with Gasteiger partial charge in [-0.3, -0.25) is 4.90 Å². The molecule has 0 aliphatic rings. The van der Waals surface area contributed by atoms with Crippen LogP contribution in [-0.2, 0) is 4.74 Å². The zero-order chi connectivity index (χ0) is 14.4. The Hall–Kier alpha value is -0.900. The molecule has 0 amide bonds. The van der Waals surface area contributed by atoms with Gasteiger partial charge in [0.25, 0.3) is 0 Å². The van der Waals surface area contributed by atoms with E-state index in [1.165, 1.54) is 11.1 Å². The fourth-order valence-electron chi connectivity index (χ4n) is 2.09. The first-order chi connectivity index (χ1) is 8.95. The fourth-order valence-corrected chi connectivity index (χ4v) is 2.09. The van der Waals surface area contributed by atoms with E-state index in [9.17, 15) is 0 Å². The quantitative estimate of drug-likeness (QED) is 0.823. The van der Waals surface area contributed by atoms with Crippen LogP contribution in [0.1, 0.15) is 43.9 Å². The van der Waals surface area contributed by atoms with Gasteiger partial charge in [-0.15, -0.1) is 0 Å². The Morgan fingerprint density at radius 2 is 1.63 bits per heavy atom. The van der Waals surface area contributed by atoms with E-state index in [1.54, 1.807) is 7.11 Å². The minimum atomic E-state index is 0.0468. The highest BCUT2D eigenvalue weighted by Crippen LogP contribution is 2.18. The molecule has 0 fully saturated rings. The Bertz CT molecular complexity index is 362. The third-order valence-electron chi connectivity index (χ3n) is 3.68. The Morgan fingerprint density at radius 3 is 2.11 bits per heavy atom. The SMILES string of the molecule is COCC(C)N(C)CC(N)c1ccc(C(C)C)cc1. The molecule has 19 heavy (non-hydrogen) atoms. The average Bonchev–Trinajstić information content (AvgIpc) is 2.38. The van der Waals surface area contributed by atoms with Crippen LogP contribution in [-0.4, -0.2) is 38.3 Å². The summed E-state index contributed by atoms with van der Waals surface area (Å²) in [5.74, 6) is 0.565. The standard InChI is InChI=1S/C16H28N2O/c1-12(2)14-6-8-15(9-7-14)16(17)10-18(4)13(3)11-19-5/h6-9,12-13,16H,10-11,17H2,1-5H3. The van der Waals surface area contributed by atoms with Crippen LogP contribution in [0.2, 0.25) is 0 Å². The van der Waals surface area contributed by atoms with E-state index in [4.69, 9.17) is 10.5 Å². The molecule has 0 bridgehead atoms. The van der Waals surface area contributed by atoms with E-state index in [1.807, 2.05) is 0 Å². The van der Waals surface area contributed by atoms with Gasteiger partial charge in [0.15, 0.2) is 0 Å². The summed E-state index contributed by atoms with van der Waals surface area (Å²) in [4.78, 5) is 2.24. The molecule has 2 N–H and O–H groups in total. The molecule has 3 heteroatoms. The summed E-state index contributed by atoms with van der Waals surface area (Å²) in [5.41, 5.74) is 8.83. The lowest BCUT2D eigenvalue weighted by atomic mass is 9.99. The van der Waals surface area contributed by atoms with E-state index in [2.05, 4.69) is 57.0 Å². The Morgan fingerprint density at radius 1 is 1.11 bits per heavy atom. The molecule has 0 aromatic heterocycles. The number of benzene rings is 1. The van der Waals surface area contributed by atoms with E-state index < -0.39 is 0 Å². The maximum Gasteiger partial charge on any atom is 0.0615 e. The number of nitrogens with zero attached hydrogens (tertiary/aromatic N) is 1. The molecule has 0 heterocycles. The van der Waals surface area contributed by atoms with Gasteiger partial charge in [0.2, 0.25) is 0 Å². The van der Waals surface area contributed by atoms with Crippen LogP contribution < -0.4 is 5.73 Å². The van der Waals surface area contributed by atoms with Crippen LogP contribution in [0, 0.1) is 0 Å². The van der Waals surface area contributed by atoms with Crippen molar-refractivity contribution in [3.63, 3.8) is 0 Å². The molecule has 1 aromatic carbocycles. The summed E-state index contributed by atoms with van der Waals surface area (Å²) >= 11 is 0. The highest BCUT2D eigenvalue weighted by Gasteiger charge is 2.14. The lowest BCUT2D eigenvalue weighted by molar-refractivity contribution is 0.112. The summed E-state index contributed by atoms with van der Waals surface area (Å²) < 4.78 is 5.17. The fraction of sp³-hybridized carbons (Fsp3) is 0.625. The van der Waals surface area contributed by atoms with Crippen molar-refractivity contribution in [1.82, 2.24) is 4.90 Å². The summed E-state index contributed by atoms with van der Waals surface area (Å²) in [7, 11) is 3.82. The number of likely N-dealkylation sites (N-methyl/N-ethyl adjacent to an activating group) is 1. The molecule has 0 saturated carbocycles. The smallest absolute Gasteiger partial charge is 0.0615 e. The van der Waals surface area contributed by atoms with Gasteiger partial charge in [0.1, 0.15) is 0 Å². The minimum Gasteiger partial charge on any atom is -0.383 e. The van der Waals surface area contributed by atoms with Gasteiger partial charge in [0.05, 0.1) is 6.61 Å². The van der Waals surface area contributed by atoms with Gasteiger partial charge in [0, 0.05) is 25.7 Å². The summed E-state index contributed by atoms with van der Waals surface area (Å²) in [6, 6.07) is 9.08. The number of methoxy groups -OCH3 is 1. The Kier molecular flexibility index (Phi) is 6.49. The predicted octanol–water partition coefficient (Wildman–Crippen LogP) is 2.78. The predicted molar refractivity (Wildman–Crippen MR) is 81.4 cm³/mol. The van der Waals surface area contributed by atoms with Gasteiger partial charge < -0.3 is 10.5 Å². The van der Waals surface area contributed by atoms with Crippen LogP contribution in [0.5, 0.6) is 0 Å². The second-order valence-electron chi connectivity index (χ2n) is 5.67. The normalized spacial score (nSPS) is 14.9. The molecule has 1 aromatic rings. The third-order valence-corrected chi connectivity index (χ3v) is 3.68. The summed E-state index contributed by atoms with van der Waals surface area (Å²) in [6.07, 6.45) is 0. The van der Waals surface area contributed by atoms with Crippen molar-refractivity contribution < 1.29 is 4.74 Å². The van der Waals surface area contributed by atoms with Gasteiger partial charge in [-0.25, -0.2) is 0 Å². The highest BCUT2D eigenvalue weighted by molar-refractivity contribution is 5.26. The molecule has 0 spiro atoms. The van der Waals surface area contributed by atoms with E-state index >= 15 is 0 Å². The maximum absolute atomic E-state index is 6.27. The second-order valence-corrected chi connectivity index (χ2v) is 5.67. The van der Waals surface area contributed by atoms with Crippen molar-refractivity contribution >= 4 is 0 Å². The summed E-state index contributed by atoms with van der Waals surface area (Å²) in [6.45, 7) is 8.13. The average molecular weight is 264 g/mol. The van der Waals surface area contributed by atoms with Gasteiger partial charge in [-0.1, -0.05) is 38.1 Å². The lowest BCUT2D eigenvalue weighted by Crippen LogP contribution is -2.37. The van der Waals surface area contributed by atoms with E-state index in [0.29, 0.717) is 12.0 Å². The monoisotopic (exact) mass is 264 g/mol. The molecule has 0 radical (unpaired) electrons. The maximum atomic E-state index is 6.27. The molecule has 1 rings (SSSR count). The van der Waals surface area contributed by atoms with E-state index in [-0.39, 0.29) is 6.04 Å². The number of hydrogen-bond acceptors (Lipinski definition) is 3. The minimum absolute atomic E-state index is 0.0468. The molecule has 2 atom stereocenters. The summed E-state index contributed by atoms with van der Waals surface area (Å²) in [5, 5.41) is 0. The molecule has 0 saturated heterocycles. The molecule has 2 unspecified atom stereocenters. The number of hydrogen-bond donors (Lipinski definition) is 1. The topological polar surface area (TPSA) is 38.5 Å². The number of nitrogens with two attached hydrogens (primary N) is 1. The molecule has 3 nitrogen and oxygen atoms in total. The van der Waals surface area contributed by atoms with Crippen LogP contribution in [0.3, 0.4) is 0 Å². The van der Waals surface area contributed by atoms with Crippen molar-refractivity contribution in [3.05, 3.63) is 35.4 Å². The van der Waals surface area contributed by atoms with Crippen molar-refractivity contribution in [2.24, 2.45) is 5.73 Å². The zero-order valence-corrected chi connectivity index (χ0v) is 12.9. The largest absolute Gasteiger partial charge is 0.383 e. The molecular weight excluding hydrogens is 236 g/mol. The van der Waals surface area contributed by atoms with Crippen molar-refractivity contribution in [3.8, 4) is 0 Å².